The second-order valence-corrected chi connectivity index (χ2v) is 4.55. The first-order chi connectivity index (χ1) is 8.11. The predicted molar refractivity (Wildman–Crippen MR) is 72.2 cm³/mol. The van der Waals surface area contributed by atoms with Gasteiger partial charge < -0.3 is 10.4 Å². The summed E-state index contributed by atoms with van der Waals surface area (Å²) in [6.07, 6.45) is 8.67. The molecule has 0 rings (SSSR count). The van der Waals surface area contributed by atoms with Crippen molar-refractivity contribution in [2.24, 2.45) is 0 Å². The monoisotopic (exact) mass is 241 g/mol. The van der Waals surface area contributed by atoms with Crippen LogP contribution in [0.2, 0.25) is 0 Å². The van der Waals surface area contributed by atoms with Gasteiger partial charge in [0.25, 0.3) is 0 Å². The molecule has 17 heavy (non-hydrogen) atoms. The molecule has 0 heterocycles. The molecule has 2 N–H and O–H groups in total. The van der Waals surface area contributed by atoms with Gasteiger partial charge in [0.1, 0.15) is 0 Å². The molecule has 0 amide bonds. The summed E-state index contributed by atoms with van der Waals surface area (Å²) in [5.41, 5.74) is 0.496. The highest BCUT2D eigenvalue weighted by Crippen LogP contribution is 2.05. The molecule has 1 atom stereocenters. The smallest absolute Gasteiger partial charge is 0.331 e. The van der Waals surface area contributed by atoms with Crippen LogP contribution in [-0.4, -0.2) is 23.7 Å². The lowest BCUT2D eigenvalue weighted by Gasteiger charge is -2.12. The zero-order valence-corrected chi connectivity index (χ0v) is 11.5. The lowest BCUT2D eigenvalue weighted by atomic mass is 10.1. The first-order valence-electron chi connectivity index (χ1n) is 6.77. The average Bonchev–Trinajstić information content (AvgIpc) is 2.30. The highest BCUT2D eigenvalue weighted by molar-refractivity contribution is 5.86. The Kier molecular flexibility index (Phi) is 9.83. The van der Waals surface area contributed by atoms with Crippen LogP contribution >= 0.6 is 0 Å². The molecule has 3 heteroatoms. The van der Waals surface area contributed by atoms with Gasteiger partial charge in [0.2, 0.25) is 0 Å². The molecule has 0 aliphatic rings. The van der Waals surface area contributed by atoms with E-state index in [1.165, 1.54) is 32.1 Å². The molecule has 0 aliphatic heterocycles. The molecular formula is C14H27NO2. The number of carbonyl (C=O) groups is 1. The Morgan fingerprint density at radius 3 is 2.53 bits per heavy atom. The summed E-state index contributed by atoms with van der Waals surface area (Å²) < 4.78 is 0. The Labute approximate surface area is 105 Å². The zero-order valence-electron chi connectivity index (χ0n) is 11.5. The van der Waals surface area contributed by atoms with Crippen molar-refractivity contribution in [3.63, 3.8) is 0 Å². The van der Waals surface area contributed by atoms with Gasteiger partial charge in [-0.2, -0.15) is 0 Å². The Morgan fingerprint density at radius 2 is 2.00 bits per heavy atom. The maximum atomic E-state index is 10.8. The molecule has 0 aromatic rings. The minimum absolute atomic E-state index is 0.468. The minimum atomic E-state index is -0.801. The second kappa shape index (κ2) is 10.3. The Morgan fingerprint density at radius 1 is 1.29 bits per heavy atom. The van der Waals surface area contributed by atoms with Crippen LogP contribution in [0.4, 0.5) is 0 Å². The highest BCUT2D eigenvalue weighted by atomic mass is 16.4. The van der Waals surface area contributed by atoms with Gasteiger partial charge >= 0.3 is 5.97 Å². The Balaban J connectivity index is 3.68. The van der Waals surface area contributed by atoms with E-state index in [4.69, 9.17) is 5.11 Å². The van der Waals surface area contributed by atoms with Crippen LogP contribution in [0.25, 0.3) is 0 Å². The molecule has 100 valence electrons. The summed E-state index contributed by atoms with van der Waals surface area (Å²) in [6.45, 7) is 6.90. The SMILES string of the molecule is CCCCCCC(C)NC/C=C(/CC)C(=O)O. The first-order valence-corrected chi connectivity index (χ1v) is 6.77. The van der Waals surface area contributed by atoms with E-state index in [1.54, 1.807) is 6.08 Å². The number of carboxylic acid groups (broad SMARTS) is 1. The van der Waals surface area contributed by atoms with Gasteiger partial charge in [-0.15, -0.1) is 0 Å². The maximum absolute atomic E-state index is 10.8. The summed E-state index contributed by atoms with van der Waals surface area (Å²) in [4.78, 5) is 10.8. The van der Waals surface area contributed by atoms with Crippen molar-refractivity contribution in [3.8, 4) is 0 Å². The van der Waals surface area contributed by atoms with Gasteiger partial charge in [0.05, 0.1) is 0 Å². The van der Waals surface area contributed by atoms with Crippen molar-refractivity contribution < 1.29 is 9.90 Å². The van der Waals surface area contributed by atoms with E-state index >= 15 is 0 Å². The fraction of sp³-hybridized carbons (Fsp3) is 0.786. The summed E-state index contributed by atoms with van der Waals surface area (Å²) >= 11 is 0. The quantitative estimate of drug-likeness (QED) is 0.455. The van der Waals surface area contributed by atoms with Crippen LogP contribution in [-0.2, 0) is 4.79 Å². The van der Waals surface area contributed by atoms with Crippen LogP contribution in [0.1, 0.15) is 59.3 Å². The lowest BCUT2D eigenvalue weighted by molar-refractivity contribution is -0.132. The summed E-state index contributed by atoms with van der Waals surface area (Å²) in [6, 6.07) is 0.468. The lowest BCUT2D eigenvalue weighted by Crippen LogP contribution is -2.26. The van der Waals surface area contributed by atoms with Gasteiger partial charge in [-0.1, -0.05) is 45.6 Å². The number of unbranched alkanes of at least 4 members (excludes halogenated alkanes) is 3. The van der Waals surface area contributed by atoms with E-state index < -0.39 is 5.97 Å². The van der Waals surface area contributed by atoms with E-state index in [2.05, 4.69) is 19.2 Å². The van der Waals surface area contributed by atoms with Gasteiger partial charge in [0, 0.05) is 18.2 Å². The summed E-state index contributed by atoms with van der Waals surface area (Å²) in [5, 5.41) is 12.2. The first kappa shape index (κ1) is 16.2. The van der Waals surface area contributed by atoms with Gasteiger partial charge in [-0.05, 0) is 19.8 Å². The molecule has 0 saturated heterocycles. The molecule has 1 unspecified atom stereocenters. The number of aliphatic carboxylic acids is 1. The molecule has 0 aromatic carbocycles. The number of hydrogen-bond acceptors (Lipinski definition) is 2. The van der Waals surface area contributed by atoms with Crippen molar-refractivity contribution in [1.29, 1.82) is 0 Å². The summed E-state index contributed by atoms with van der Waals surface area (Å²) in [7, 11) is 0. The average molecular weight is 241 g/mol. The van der Waals surface area contributed by atoms with Gasteiger partial charge in [0.15, 0.2) is 0 Å². The van der Waals surface area contributed by atoms with E-state index in [1.807, 2.05) is 6.92 Å². The van der Waals surface area contributed by atoms with Gasteiger partial charge in [-0.3, -0.25) is 0 Å². The third kappa shape index (κ3) is 8.93. The molecule has 0 bridgehead atoms. The molecule has 0 spiro atoms. The molecule has 0 aliphatic carbocycles. The molecule has 0 saturated carbocycles. The van der Waals surface area contributed by atoms with Crippen LogP contribution in [0.3, 0.4) is 0 Å². The number of rotatable bonds is 10. The van der Waals surface area contributed by atoms with Crippen LogP contribution < -0.4 is 5.32 Å². The molecular weight excluding hydrogens is 214 g/mol. The van der Waals surface area contributed by atoms with Crippen molar-refractivity contribution in [1.82, 2.24) is 5.32 Å². The second-order valence-electron chi connectivity index (χ2n) is 4.55. The largest absolute Gasteiger partial charge is 0.478 e. The number of nitrogens with one attached hydrogen (secondary N) is 1. The van der Waals surface area contributed by atoms with Crippen molar-refractivity contribution >= 4 is 5.97 Å². The van der Waals surface area contributed by atoms with Crippen molar-refractivity contribution in [3.05, 3.63) is 11.6 Å². The molecule has 0 fully saturated rings. The number of hydrogen-bond donors (Lipinski definition) is 2. The third-order valence-electron chi connectivity index (χ3n) is 2.96. The fourth-order valence-electron chi connectivity index (χ4n) is 1.75. The van der Waals surface area contributed by atoms with E-state index in [-0.39, 0.29) is 0 Å². The van der Waals surface area contributed by atoms with E-state index in [9.17, 15) is 4.79 Å². The van der Waals surface area contributed by atoms with Gasteiger partial charge in [-0.25, -0.2) is 4.79 Å². The van der Waals surface area contributed by atoms with E-state index in [0.29, 0.717) is 24.6 Å². The molecule has 3 nitrogen and oxygen atoms in total. The number of carboxylic acids is 1. The maximum Gasteiger partial charge on any atom is 0.331 e. The Hall–Kier alpha value is -0.830. The molecule has 0 radical (unpaired) electrons. The van der Waals surface area contributed by atoms with Crippen molar-refractivity contribution in [2.45, 2.75) is 65.3 Å². The predicted octanol–water partition coefficient (Wildman–Crippen LogP) is 3.36. The van der Waals surface area contributed by atoms with Crippen LogP contribution in [0.15, 0.2) is 11.6 Å². The van der Waals surface area contributed by atoms with E-state index in [0.717, 1.165) is 0 Å². The van der Waals surface area contributed by atoms with Crippen molar-refractivity contribution in [2.75, 3.05) is 6.54 Å². The molecule has 0 aromatic heterocycles. The summed E-state index contributed by atoms with van der Waals surface area (Å²) in [5.74, 6) is -0.801. The fourth-order valence-corrected chi connectivity index (χ4v) is 1.75. The standard InChI is InChI=1S/C14H27NO2/c1-4-6-7-8-9-12(3)15-11-10-13(5-2)14(16)17/h10,12,15H,4-9,11H2,1-3H3,(H,16,17)/b13-10-. The Bertz CT molecular complexity index is 236. The highest BCUT2D eigenvalue weighted by Gasteiger charge is 2.04. The zero-order chi connectivity index (χ0) is 13.1. The van der Waals surface area contributed by atoms with Crippen LogP contribution in [0, 0.1) is 0 Å². The normalized spacial score (nSPS) is 13.7. The van der Waals surface area contributed by atoms with Crippen LogP contribution in [0.5, 0.6) is 0 Å². The minimum Gasteiger partial charge on any atom is -0.478 e. The topological polar surface area (TPSA) is 49.3 Å². The third-order valence-corrected chi connectivity index (χ3v) is 2.96.